The Balaban J connectivity index is 1.96. The van der Waals surface area contributed by atoms with Gasteiger partial charge in [-0.05, 0) is 26.7 Å². The molecule has 1 aromatic heterocycles. The number of hydrogen-bond acceptors (Lipinski definition) is 4. The highest BCUT2D eigenvalue weighted by atomic mass is 16.5. The normalized spacial score (nSPS) is 24.2. The van der Waals surface area contributed by atoms with Crippen LogP contribution in [0.2, 0.25) is 0 Å². The summed E-state index contributed by atoms with van der Waals surface area (Å²) in [5, 5.41) is 21.7. The molecule has 1 aliphatic rings. The molecule has 3 unspecified atom stereocenters. The minimum atomic E-state index is -1.06. The van der Waals surface area contributed by atoms with Gasteiger partial charge in [-0.25, -0.2) is 4.99 Å². The van der Waals surface area contributed by atoms with Crippen LogP contribution in [0.15, 0.2) is 17.4 Å². The van der Waals surface area contributed by atoms with Crippen LogP contribution in [-0.4, -0.2) is 52.7 Å². The van der Waals surface area contributed by atoms with Gasteiger partial charge in [-0.15, -0.1) is 0 Å². The average Bonchev–Trinajstić information content (AvgIpc) is 3.05. The zero-order valence-electron chi connectivity index (χ0n) is 17.7. The van der Waals surface area contributed by atoms with Crippen LogP contribution in [0.5, 0.6) is 0 Å². The van der Waals surface area contributed by atoms with Crippen LogP contribution < -0.4 is 10.6 Å². The summed E-state index contributed by atoms with van der Waals surface area (Å²) in [5.41, 5.74) is -0.245. The lowest BCUT2D eigenvalue weighted by atomic mass is 9.64. The first-order valence-corrected chi connectivity index (χ1v) is 10.1. The van der Waals surface area contributed by atoms with E-state index in [1.165, 1.54) is 0 Å². The van der Waals surface area contributed by atoms with Crippen LogP contribution >= 0.6 is 0 Å². The van der Waals surface area contributed by atoms with E-state index in [2.05, 4.69) is 41.5 Å². The van der Waals surface area contributed by atoms with Crippen molar-refractivity contribution in [3.05, 3.63) is 18.0 Å². The fourth-order valence-corrected chi connectivity index (χ4v) is 3.29. The largest absolute Gasteiger partial charge is 0.383 e. The van der Waals surface area contributed by atoms with Gasteiger partial charge >= 0.3 is 0 Å². The lowest BCUT2D eigenvalue weighted by Gasteiger charge is -2.52. The standard InChI is InChI=1S/C20H37N5O2/c1-7-9-10-27-17-11-16(19(17,3)4)24-18(21-8-2)22-14-20(5,26)15-12-23-25(6)13-15/h12-13,16-17,26H,7-11,14H2,1-6H3,(H2,21,22,24). The second-order valence-electron chi connectivity index (χ2n) is 8.34. The highest BCUT2D eigenvalue weighted by molar-refractivity contribution is 5.80. The predicted molar refractivity (Wildman–Crippen MR) is 109 cm³/mol. The second kappa shape index (κ2) is 9.06. The molecule has 0 aliphatic heterocycles. The molecule has 2 rings (SSSR count). The Hall–Kier alpha value is -1.60. The van der Waals surface area contributed by atoms with E-state index in [4.69, 9.17) is 4.74 Å². The molecule has 1 aliphatic carbocycles. The molecule has 3 N–H and O–H groups in total. The van der Waals surface area contributed by atoms with E-state index in [9.17, 15) is 5.11 Å². The first kappa shape index (κ1) is 21.7. The van der Waals surface area contributed by atoms with Crippen LogP contribution in [0.3, 0.4) is 0 Å². The van der Waals surface area contributed by atoms with Crippen molar-refractivity contribution in [1.29, 1.82) is 0 Å². The molecule has 154 valence electrons. The Labute approximate surface area is 163 Å². The number of rotatable bonds is 9. The highest BCUT2D eigenvalue weighted by Crippen LogP contribution is 2.42. The number of nitrogens with zero attached hydrogens (tertiary/aromatic N) is 3. The number of aliphatic imine (C=N–C) groups is 1. The zero-order chi connectivity index (χ0) is 20.1. The van der Waals surface area contributed by atoms with E-state index < -0.39 is 5.60 Å². The molecule has 1 fully saturated rings. The molecule has 1 heterocycles. The molecule has 0 radical (unpaired) electrons. The van der Waals surface area contributed by atoms with Crippen LogP contribution in [0.4, 0.5) is 0 Å². The van der Waals surface area contributed by atoms with Gasteiger partial charge in [0.2, 0.25) is 0 Å². The topological polar surface area (TPSA) is 83.7 Å². The van der Waals surface area contributed by atoms with E-state index in [1.807, 2.05) is 20.2 Å². The minimum absolute atomic E-state index is 0.0514. The van der Waals surface area contributed by atoms with Crippen molar-refractivity contribution in [3.8, 4) is 0 Å². The van der Waals surface area contributed by atoms with Gasteiger partial charge in [0.05, 0.1) is 18.8 Å². The molecule has 7 heteroatoms. The number of hydrogen-bond donors (Lipinski definition) is 3. The molecule has 1 aromatic rings. The number of guanidine groups is 1. The first-order valence-electron chi connectivity index (χ1n) is 10.1. The van der Waals surface area contributed by atoms with Crippen molar-refractivity contribution in [3.63, 3.8) is 0 Å². The third kappa shape index (κ3) is 5.45. The molecule has 7 nitrogen and oxygen atoms in total. The number of aryl methyl sites for hydroxylation is 1. The fourth-order valence-electron chi connectivity index (χ4n) is 3.29. The summed E-state index contributed by atoms with van der Waals surface area (Å²) < 4.78 is 7.72. The summed E-state index contributed by atoms with van der Waals surface area (Å²) in [6.45, 7) is 12.3. The van der Waals surface area contributed by atoms with Gasteiger partial charge in [-0.1, -0.05) is 27.2 Å². The lowest BCUT2D eigenvalue weighted by Crippen LogP contribution is -2.63. The number of ether oxygens (including phenoxy) is 1. The molecular weight excluding hydrogens is 342 g/mol. The Morgan fingerprint density at radius 2 is 2.22 bits per heavy atom. The lowest BCUT2D eigenvalue weighted by molar-refractivity contribution is -0.113. The van der Waals surface area contributed by atoms with E-state index in [-0.39, 0.29) is 18.1 Å². The Kier molecular flexibility index (Phi) is 7.28. The smallest absolute Gasteiger partial charge is 0.191 e. The SMILES string of the molecule is CCCCOC1CC(NC(=NCC(C)(O)c2cnn(C)c2)NCC)C1(C)C. The van der Waals surface area contributed by atoms with Crippen molar-refractivity contribution in [2.45, 2.75) is 71.6 Å². The predicted octanol–water partition coefficient (Wildman–Crippen LogP) is 2.17. The number of unbranched alkanes of at least 4 members (excludes halogenated alkanes) is 1. The van der Waals surface area contributed by atoms with E-state index in [1.54, 1.807) is 17.8 Å². The Morgan fingerprint density at radius 1 is 1.48 bits per heavy atom. The molecule has 0 saturated heterocycles. The van der Waals surface area contributed by atoms with Gasteiger partial charge in [-0.3, -0.25) is 4.68 Å². The average molecular weight is 380 g/mol. The first-order chi connectivity index (χ1) is 12.7. The molecule has 0 aromatic carbocycles. The Morgan fingerprint density at radius 3 is 2.78 bits per heavy atom. The molecule has 0 bridgehead atoms. The number of aromatic nitrogens is 2. The molecule has 0 spiro atoms. The van der Waals surface area contributed by atoms with Gasteiger partial charge in [0.15, 0.2) is 5.96 Å². The third-order valence-corrected chi connectivity index (χ3v) is 5.52. The maximum Gasteiger partial charge on any atom is 0.191 e. The summed E-state index contributed by atoms with van der Waals surface area (Å²) in [7, 11) is 1.84. The summed E-state index contributed by atoms with van der Waals surface area (Å²) in [4.78, 5) is 4.63. The molecular formula is C20H37N5O2. The second-order valence-corrected chi connectivity index (χ2v) is 8.34. The zero-order valence-corrected chi connectivity index (χ0v) is 17.7. The number of nitrogens with one attached hydrogen (secondary N) is 2. The van der Waals surface area contributed by atoms with E-state index in [0.29, 0.717) is 6.04 Å². The molecule has 3 atom stereocenters. The highest BCUT2D eigenvalue weighted by Gasteiger charge is 2.49. The van der Waals surface area contributed by atoms with Gasteiger partial charge in [0.25, 0.3) is 0 Å². The van der Waals surface area contributed by atoms with Crippen molar-refractivity contribution >= 4 is 5.96 Å². The van der Waals surface area contributed by atoms with Crippen molar-refractivity contribution in [2.24, 2.45) is 17.5 Å². The number of aliphatic hydroxyl groups is 1. The van der Waals surface area contributed by atoms with Gasteiger partial charge in [-0.2, -0.15) is 5.10 Å². The van der Waals surface area contributed by atoms with E-state index >= 15 is 0 Å². The summed E-state index contributed by atoms with van der Waals surface area (Å²) in [6, 6.07) is 0.297. The molecule has 0 amide bonds. The monoisotopic (exact) mass is 379 g/mol. The minimum Gasteiger partial charge on any atom is -0.383 e. The quantitative estimate of drug-likeness (QED) is 0.348. The molecule has 27 heavy (non-hydrogen) atoms. The van der Waals surface area contributed by atoms with Gasteiger partial charge in [0.1, 0.15) is 5.60 Å². The fraction of sp³-hybridized carbons (Fsp3) is 0.800. The summed E-state index contributed by atoms with van der Waals surface area (Å²) in [5.74, 6) is 0.728. The van der Waals surface area contributed by atoms with Crippen molar-refractivity contribution in [1.82, 2.24) is 20.4 Å². The van der Waals surface area contributed by atoms with Crippen LogP contribution in [0.25, 0.3) is 0 Å². The van der Waals surface area contributed by atoms with Gasteiger partial charge in [0, 0.05) is 43.4 Å². The van der Waals surface area contributed by atoms with E-state index in [0.717, 1.165) is 43.9 Å². The summed E-state index contributed by atoms with van der Waals surface area (Å²) in [6.07, 6.45) is 7.02. The molecule has 1 saturated carbocycles. The van der Waals surface area contributed by atoms with Crippen molar-refractivity contribution in [2.75, 3.05) is 19.7 Å². The Bertz CT molecular complexity index is 624. The third-order valence-electron chi connectivity index (χ3n) is 5.52. The summed E-state index contributed by atoms with van der Waals surface area (Å²) >= 11 is 0. The van der Waals surface area contributed by atoms with Gasteiger partial charge < -0.3 is 20.5 Å². The van der Waals surface area contributed by atoms with Crippen molar-refractivity contribution < 1.29 is 9.84 Å². The van der Waals surface area contributed by atoms with Crippen LogP contribution in [0, 0.1) is 5.41 Å². The van der Waals surface area contributed by atoms with Crippen LogP contribution in [0.1, 0.15) is 59.4 Å². The maximum atomic E-state index is 10.8. The van der Waals surface area contributed by atoms with Crippen LogP contribution in [-0.2, 0) is 17.4 Å². The maximum absolute atomic E-state index is 10.8.